The molecule has 3 rings (SSSR count). The van der Waals surface area contributed by atoms with Crippen LogP contribution in [0.4, 0.5) is 5.69 Å². The fourth-order valence-electron chi connectivity index (χ4n) is 2.52. The average molecular weight is 393 g/mol. The summed E-state index contributed by atoms with van der Waals surface area (Å²) in [7, 11) is 0. The van der Waals surface area contributed by atoms with Gasteiger partial charge in [0, 0.05) is 27.0 Å². The van der Waals surface area contributed by atoms with Crippen molar-refractivity contribution in [1.82, 2.24) is 0 Å². The van der Waals surface area contributed by atoms with E-state index in [1.165, 1.54) is 0 Å². The molecule has 0 N–H and O–H groups in total. The zero-order valence-electron chi connectivity index (χ0n) is 13.8. The average Bonchev–Trinajstić information content (AvgIpc) is 3.10. The highest BCUT2D eigenvalue weighted by Crippen LogP contribution is 2.28. The molecule has 2 aromatic carbocycles. The molecule has 0 fully saturated rings. The Morgan fingerprint density at radius 1 is 1.12 bits per heavy atom. The van der Waals surface area contributed by atoms with Gasteiger partial charge in [-0.3, -0.25) is 9.79 Å². The molecule has 2 aromatic rings. The number of ketones is 1. The van der Waals surface area contributed by atoms with Gasteiger partial charge in [0.2, 0.25) is 0 Å². The summed E-state index contributed by atoms with van der Waals surface area (Å²) < 4.78 is 0. The summed E-state index contributed by atoms with van der Waals surface area (Å²) in [6, 6.07) is 14.8. The summed E-state index contributed by atoms with van der Waals surface area (Å²) in [6.45, 7) is 2.36. The number of hydrogen-bond donors (Lipinski definition) is 0. The molecule has 25 heavy (non-hydrogen) atoms. The molecule has 1 aliphatic heterocycles. The molecule has 0 spiro atoms. The van der Waals surface area contributed by atoms with E-state index in [1.807, 2.05) is 29.2 Å². The van der Waals surface area contributed by atoms with Crippen LogP contribution in [0.15, 0.2) is 53.5 Å². The lowest BCUT2D eigenvalue weighted by molar-refractivity contribution is 0.100. The molecule has 0 aromatic heterocycles. The van der Waals surface area contributed by atoms with Crippen molar-refractivity contribution in [2.45, 2.75) is 19.4 Å². The lowest BCUT2D eigenvalue weighted by Gasteiger charge is -2.23. The van der Waals surface area contributed by atoms with Crippen LogP contribution in [0.2, 0.25) is 10.0 Å². The molecular weight excluding hydrogens is 375 g/mol. The number of benzene rings is 2. The molecular formula is C19H18Cl2N2OS. The molecule has 0 aliphatic carbocycles. The van der Waals surface area contributed by atoms with Crippen LogP contribution >= 0.6 is 35.0 Å². The highest BCUT2D eigenvalue weighted by molar-refractivity contribution is 8.14. The summed E-state index contributed by atoms with van der Waals surface area (Å²) in [5.41, 5.74) is 1.55. The second-order valence-electron chi connectivity index (χ2n) is 5.78. The Hall–Kier alpha value is -1.49. The van der Waals surface area contributed by atoms with Gasteiger partial charge in [0.1, 0.15) is 0 Å². The molecule has 0 radical (unpaired) electrons. The van der Waals surface area contributed by atoms with Crippen molar-refractivity contribution in [1.29, 1.82) is 0 Å². The van der Waals surface area contributed by atoms with Crippen molar-refractivity contribution >= 4 is 51.6 Å². The number of aliphatic imine (C=N–C) groups is 1. The van der Waals surface area contributed by atoms with Crippen molar-refractivity contribution in [3.63, 3.8) is 0 Å². The number of thioether (sulfide) groups is 1. The largest absolute Gasteiger partial charge is 0.313 e. The van der Waals surface area contributed by atoms with E-state index in [-0.39, 0.29) is 12.3 Å². The molecule has 0 saturated heterocycles. The first-order valence-corrected chi connectivity index (χ1v) is 9.83. The third-order valence-corrected chi connectivity index (χ3v) is 5.65. The van der Waals surface area contributed by atoms with Crippen LogP contribution in [-0.2, 0) is 0 Å². The van der Waals surface area contributed by atoms with Crippen LogP contribution in [0.25, 0.3) is 0 Å². The van der Waals surface area contributed by atoms with E-state index < -0.39 is 0 Å². The summed E-state index contributed by atoms with van der Waals surface area (Å²) in [5.74, 6) is 0.972. The minimum absolute atomic E-state index is 0.0230. The van der Waals surface area contributed by atoms with E-state index >= 15 is 0 Å². The molecule has 6 heteroatoms. The third kappa shape index (κ3) is 4.57. The molecule has 1 aliphatic rings. The number of amidine groups is 1. The number of carbonyl (C=O) groups excluding carboxylic acids is 1. The SMILES string of the molecule is CC[C@@H]1CSC(N(CC(=O)c2ccc(Cl)cc2)c2ccc(Cl)cc2)=N1. The second-order valence-corrected chi connectivity index (χ2v) is 7.64. The molecule has 0 bridgehead atoms. The highest BCUT2D eigenvalue weighted by atomic mass is 35.5. The molecule has 3 nitrogen and oxygen atoms in total. The first kappa shape index (κ1) is 18.3. The standard InChI is InChI=1S/C19H18Cl2N2OS/c1-2-16-12-25-19(22-16)23(17-9-7-15(21)8-10-17)11-18(24)13-3-5-14(20)6-4-13/h3-10,16H,2,11-12H2,1H3/t16-/m1/s1. The molecule has 0 amide bonds. The van der Waals surface area contributed by atoms with Crippen molar-refractivity contribution in [3.05, 3.63) is 64.1 Å². The second kappa shape index (κ2) is 8.26. The highest BCUT2D eigenvalue weighted by Gasteiger charge is 2.25. The topological polar surface area (TPSA) is 32.7 Å². The van der Waals surface area contributed by atoms with Crippen LogP contribution in [0.3, 0.4) is 0 Å². The number of rotatable bonds is 5. The Morgan fingerprint density at radius 3 is 2.28 bits per heavy atom. The number of carbonyl (C=O) groups is 1. The van der Waals surface area contributed by atoms with E-state index in [0.29, 0.717) is 21.7 Å². The van der Waals surface area contributed by atoms with Gasteiger partial charge in [0.25, 0.3) is 0 Å². The molecule has 1 atom stereocenters. The number of nitrogens with zero attached hydrogens (tertiary/aromatic N) is 2. The van der Waals surface area contributed by atoms with Gasteiger partial charge < -0.3 is 4.90 Å². The third-order valence-electron chi connectivity index (χ3n) is 4.01. The van der Waals surface area contributed by atoms with E-state index in [9.17, 15) is 4.79 Å². The van der Waals surface area contributed by atoms with Gasteiger partial charge in [0.15, 0.2) is 11.0 Å². The normalized spacial score (nSPS) is 16.6. The monoisotopic (exact) mass is 392 g/mol. The first-order valence-electron chi connectivity index (χ1n) is 8.09. The van der Waals surface area contributed by atoms with E-state index in [0.717, 1.165) is 23.0 Å². The van der Waals surface area contributed by atoms with Gasteiger partial charge in [-0.25, -0.2) is 0 Å². The summed E-state index contributed by atoms with van der Waals surface area (Å²) in [6.07, 6.45) is 0.996. The lowest BCUT2D eigenvalue weighted by Crippen LogP contribution is -2.33. The Kier molecular flexibility index (Phi) is 6.05. The van der Waals surface area contributed by atoms with Crippen LogP contribution in [0, 0.1) is 0 Å². The zero-order valence-corrected chi connectivity index (χ0v) is 16.1. The fourth-order valence-corrected chi connectivity index (χ4v) is 3.97. The van der Waals surface area contributed by atoms with Crippen molar-refractivity contribution < 1.29 is 4.79 Å². The Morgan fingerprint density at radius 2 is 1.72 bits per heavy atom. The van der Waals surface area contributed by atoms with Crippen LogP contribution in [-0.4, -0.2) is 29.3 Å². The quantitative estimate of drug-likeness (QED) is 0.623. The number of halogens is 2. The predicted octanol–water partition coefficient (Wildman–Crippen LogP) is 5.56. The molecule has 0 saturated carbocycles. The van der Waals surface area contributed by atoms with Gasteiger partial charge in [-0.15, -0.1) is 0 Å². The maximum atomic E-state index is 12.7. The predicted molar refractivity (Wildman–Crippen MR) is 109 cm³/mol. The van der Waals surface area contributed by atoms with Crippen molar-refractivity contribution in [2.75, 3.05) is 17.2 Å². The van der Waals surface area contributed by atoms with Gasteiger partial charge in [0.05, 0.1) is 12.6 Å². The van der Waals surface area contributed by atoms with Gasteiger partial charge in [-0.1, -0.05) is 41.9 Å². The van der Waals surface area contributed by atoms with Gasteiger partial charge in [-0.05, 0) is 55.0 Å². The maximum absolute atomic E-state index is 12.7. The number of Topliss-reactive ketones (excluding diaryl/α,β-unsaturated/α-hetero) is 1. The molecule has 0 unspecified atom stereocenters. The maximum Gasteiger partial charge on any atom is 0.182 e. The lowest BCUT2D eigenvalue weighted by atomic mass is 10.1. The van der Waals surface area contributed by atoms with E-state index in [2.05, 4.69) is 6.92 Å². The zero-order chi connectivity index (χ0) is 17.8. The summed E-state index contributed by atoms with van der Waals surface area (Å²) >= 11 is 13.6. The number of anilines is 1. The van der Waals surface area contributed by atoms with Gasteiger partial charge in [-0.2, -0.15) is 0 Å². The summed E-state index contributed by atoms with van der Waals surface area (Å²) in [4.78, 5) is 19.5. The Bertz CT molecular complexity index is 775. The minimum Gasteiger partial charge on any atom is -0.313 e. The molecule has 130 valence electrons. The first-order chi connectivity index (χ1) is 12.1. The van der Waals surface area contributed by atoms with Crippen LogP contribution < -0.4 is 4.90 Å². The van der Waals surface area contributed by atoms with Crippen molar-refractivity contribution in [2.24, 2.45) is 4.99 Å². The van der Waals surface area contributed by atoms with Crippen LogP contribution in [0.5, 0.6) is 0 Å². The van der Waals surface area contributed by atoms with Gasteiger partial charge >= 0.3 is 0 Å². The molecule has 1 heterocycles. The number of hydrogen-bond acceptors (Lipinski definition) is 4. The fraction of sp³-hybridized carbons (Fsp3) is 0.263. The van der Waals surface area contributed by atoms with Crippen LogP contribution in [0.1, 0.15) is 23.7 Å². The Balaban J connectivity index is 1.87. The van der Waals surface area contributed by atoms with E-state index in [4.69, 9.17) is 28.2 Å². The smallest absolute Gasteiger partial charge is 0.182 e. The Labute approximate surface area is 162 Å². The minimum atomic E-state index is 0.0230. The van der Waals surface area contributed by atoms with E-state index in [1.54, 1.807) is 36.0 Å². The summed E-state index contributed by atoms with van der Waals surface area (Å²) in [5, 5.41) is 2.17. The van der Waals surface area contributed by atoms with Crippen molar-refractivity contribution in [3.8, 4) is 0 Å².